The lowest BCUT2D eigenvalue weighted by atomic mass is 10.0. The number of para-hydroxylation sites is 1. The number of thiazole rings is 1. The summed E-state index contributed by atoms with van der Waals surface area (Å²) in [5.74, 6) is 1.30. The summed E-state index contributed by atoms with van der Waals surface area (Å²) in [5.41, 5.74) is 3.93. The number of fused-ring (bicyclic) bond motifs is 3. The van der Waals surface area contributed by atoms with Gasteiger partial charge in [-0.1, -0.05) is 73.7 Å². The van der Waals surface area contributed by atoms with Crippen molar-refractivity contribution in [3.8, 4) is 22.8 Å². The molecule has 0 saturated heterocycles. The van der Waals surface area contributed by atoms with Gasteiger partial charge in [-0.25, -0.2) is 9.97 Å². The van der Waals surface area contributed by atoms with E-state index in [1.165, 1.54) is 11.3 Å². The zero-order chi connectivity index (χ0) is 26.1. The highest BCUT2D eigenvalue weighted by Crippen LogP contribution is 2.40. The van der Waals surface area contributed by atoms with Crippen molar-refractivity contribution in [2.45, 2.75) is 13.8 Å². The first kappa shape index (κ1) is 24.3. The molecule has 0 unspecified atom stereocenters. The molecule has 2 aromatic heterocycles. The maximum Gasteiger partial charge on any atom is 0.260 e. The molecule has 1 aliphatic heterocycles. The third kappa shape index (κ3) is 4.57. The fourth-order valence-electron chi connectivity index (χ4n) is 4.74. The van der Waals surface area contributed by atoms with Gasteiger partial charge >= 0.3 is 0 Å². The van der Waals surface area contributed by atoms with Crippen LogP contribution in [0.1, 0.15) is 24.2 Å². The van der Waals surface area contributed by atoms with Crippen LogP contribution in [-0.4, -0.2) is 53.7 Å². The lowest BCUT2D eigenvalue weighted by Crippen LogP contribution is -2.39. The van der Waals surface area contributed by atoms with Crippen molar-refractivity contribution in [3.63, 3.8) is 0 Å². The third-order valence-electron chi connectivity index (χ3n) is 6.90. The Bertz CT molecular complexity index is 1570. The Morgan fingerprint density at radius 1 is 0.868 bits per heavy atom. The molecule has 0 N–H and O–H groups in total. The van der Waals surface area contributed by atoms with E-state index in [-0.39, 0.29) is 12.7 Å². The van der Waals surface area contributed by atoms with Gasteiger partial charge in [-0.05, 0) is 25.2 Å². The molecular weight excluding hydrogens is 496 g/mol. The van der Waals surface area contributed by atoms with Crippen molar-refractivity contribution in [1.82, 2.24) is 14.9 Å². The van der Waals surface area contributed by atoms with Gasteiger partial charge in [0.2, 0.25) is 6.79 Å². The van der Waals surface area contributed by atoms with Gasteiger partial charge in [0.05, 0.1) is 27.0 Å². The lowest BCUT2D eigenvalue weighted by Gasteiger charge is -2.25. The minimum atomic E-state index is -0.0907. The van der Waals surface area contributed by atoms with Gasteiger partial charge in [-0.15, -0.1) is 0 Å². The van der Waals surface area contributed by atoms with Crippen molar-refractivity contribution in [2.24, 2.45) is 0 Å². The van der Waals surface area contributed by atoms with Crippen LogP contribution in [-0.2, 0) is 0 Å². The molecule has 5 aromatic rings. The van der Waals surface area contributed by atoms with Gasteiger partial charge in [0.1, 0.15) is 0 Å². The molecule has 0 spiro atoms. The van der Waals surface area contributed by atoms with Crippen LogP contribution in [0.3, 0.4) is 0 Å². The van der Waals surface area contributed by atoms with Gasteiger partial charge in [0.15, 0.2) is 16.6 Å². The van der Waals surface area contributed by atoms with Gasteiger partial charge < -0.3 is 14.4 Å². The normalized spacial score (nSPS) is 12.5. The predicted molar refractivity (Wildman–Crippen MR) is 152 cm³/mol. The van der Waals surface area contributed by atoms with Gasteiger partial charge in [0.25, 0.3) is 5.91 Å². The number of benzene rings is 3. The summed E-state index contributed by atoms with van der Waals surface area (Å²) in [6.07, 6.45) is 0. The van der Waals surface area contributed by atoms with Crippen LogP contribution in [0.15, 0.2) is 72.8 Å². The molecule has 7 nitrogen and oxygen atoms in total. The second-order valence-corrected chi connectivity index (χ2v) is 10.1. The third-order valence-corrected chi connectivity index (χ3v) is 7.94. The van der Waals surface area contributed by atoms with Crippen molar-refractivity contribution >= 4 is 43.5 Å². The number of hydrogen-bond acceptors (Lipinski definition) is 7. The van der Waals surface area contributed by atoms with E-state index < -0.39 is 0 Å². The van der Waals surface area contributed by atoms with E-state index in [1.54, 1.807) is 0 Å². The van der Waals surface area contributed by atoms with Gasteiger partial charge in [-0.2, -0.15) is 0 Å². The van der Waals surface area contributed by atoms with Gasteiger partial charge in [0, 0.05) is 36.2 Å². The zero-order valence-electron chi connectivity index (χ0n) is 21.4. The van der Waals surface area contributed by atoms with E-state index in [0.717, 1.165) is 52.0 Å². The van der Waals surface area contributed by atoms with Crippen LogP contribution in [0, 0.1) is 0 Å². The van der Waals surface area contributed by atoms with E-state index in [2.05, 4.69) is 18.7 Å². The Labute approximate surface area is 225 Å². The molecule has 0 bridgehead atoms. The number of anilines is 1. The minimum Gasteiger partial charge on any atom is -0.454 e. The maximum absolute atomic E-state index is 14.4. The molecular formula is C30H28N4O3S. The molecule has 8 heteroatoms. The fraction of sp³-hybridized carbons (Fsp3) is 0.233. The first-order chi connectivity index (χ1) is 18.6. The molecule has 1 amide bonds. The van der Waals surface area contributed by atoms with Crippen LogP contribution in [0.25, 0.3) is 32.4 Å². The van der Waals surface area contributed by atoms with E-state index in [4.69, 9.17) is 19.4 Å². The molecule has 0 atom stereocenters. The average molecular weight is 525 g/mol. The van der Waals surface area contributed by atoms with Crippen LogP contribution >= 0.6 is 11.3 Å². The van der Waals surface area contributed by atoms with E-state index in [0.29, 0.717) is 28.7 Å². The smallest absolute Gasteiger partial charge is 0.260 e. The Hall–Kier alpha value is -4.01. The second kappa shape index (κ2) is 10.4. The molecule has 192 valence electrons. The Kier molecular flexibility index (Phi) is 6.66. The molecule has 3 heterocycles. The summed E-state index contributed by atoms with van der Waals surface area (Å²) in [4.78, 5) is 28.3. The highest BCUT2D eigenvalue weighted by molar-refractivity contribution is 7.22. The number of nitrogens with zero attached hydrogens (tertiary/aromatic N) is 4. The Balaban J connectivity index is 1.46. The Morgan fingerprint density at radius 3 is 2.39 bits per heavy atom. The van der Waals surface area contributed by atoms with E-state index in [9.17, 15) is 4.79 Å². The van der Waals surface area contributed by atoms with Crippen LogP contribution in [0.5, 0.6) is 11.5 Å². The first-order valence-corrected chi connectivity index (χ1v) is 13.7. The zero-order valence-corrected chi connectivity index (χ0v) is 22.2. The molecule has 3 aromatic carbocycles. The van der Waals surface area contributed by atoms with E-state index in [1.807, 2.05) is 77.7 Å². The number of pyridine rings is 1. The molecule has 6 rings (SSSR count). The molecule has 0 aliphatic carbocycles. The number of likely N-dealkylation sites (N-methyl/N-ethyl adjacent to an activating group) is 1. The molecule has 0 radical (unpaired) electrons. The number of aromatic nitrogens is 2. The summed E-state index contributed by atoms with van der Waals surface area (Å²) in [5, 5.41) is 1.48. The SMILES string of the molecule is CCN(CC)CCN(C(=O)c1cc(-c2ccccc2)nc2ccccc12)c1nc2cc3c(cc2s1)OCO3. The molecule has 1 aliphatic rings. The van der Waals surface area contributed by atoms with Gasteiger partial charge in [-0.3, -0.25) is 9.69 Å². The molecule has 0 fully saturated rings. The molecule has 0 saturated carbocycles. The van der Waals surface area contributed by atoms with E-state index >= 15 is 0 Å². The van der Waals surface area contributed by atoms with Crippen molar-refractivity contribution < 1.29 is 14.3 Å². The quantitative estimate of drug-likeness (QED) is 0.240. The van der Waals surface area contributed by atoms with Crippen molar-refractivity contribution in [2.75, 3.05) is 37.9 Å². The van der Waals surface area contributed by atoms with Crippen molar-refractivity contribution in [3.05, 3.63) is 78.4 Å². The monoisotopic (exact) mass is 524 g/mol. The van der Waals surface area contributed by atoms with Crippen molar-refractivity contribution in [1.29, 1.82) is 0 Å². The topological polar surface area (TPSA) is 67.8 Å². The number of ether oxygens (including phenoxy) is 2. The Morgan fingerprint density at radius 2 is 1.61 bits per heavy atom. The highest BCUT2D eigenvalue weighted by atomic mass is 32.1. The highest BCUT2D eigenvalue weighted by Gasteiger charge is 2.26. The summed E-state index contributed by atoms with van der Waals surface area (Å²) in [6.45, 7) is 7.57. The standard InChI is InChI=1S/C30H28N4O3S/c1-3-33(4-2)14-15-34(30-32-25-17-26-27(37-19-36-26)18-28(25)38-30)29(35)22-16-24(20-10-6-5-7-11-20)31-23-13-9-8-12-21(22)23/h5-13,16-18H,3-4,14-15,19H2,1-2H3. The van der Waals surface area contributed by atoms with Crippen LogP contribution in [0.2, 0.25) is 0 Å². The van der Waals surface area contributed by atoms with Crippen LogP contribution < -0.4 is 14.4 Å². The largest absolute Gasteiger partial charge is 0.454 e. The molecule has 38 heavy (non-hydrogen) atoms. The maximum atomic E-state index is 14.4. The minimum absolute atomic E-state index is 0.0907. The lowest BCUT2D eigenvalue weighted by molar-refractivity contribution is 0.0985. The summed E-state index contributed by atoms with van der Waals surface area (Å²) in [7, 11) is 0. The summed E-state index contributed by atoms with van der Waals surface area (Å²) in [6, 6.07) is 23.5. The average Bonchev–Trinajstić information content (AvgIpc) is 3.59. The number of rotatable bonds is 8. The number of hydrogen-bond donors (Lipinski definition) is 0. The fourth-order valence-corrected chi connectivity index (χ4v) is 5.74. The second-order valence-electron chi connectivity index (χ2n) is 9.09. The first-order valence-electron chi connectivity index (χ1n) is 12.8. The summed E-state index contributed by atoms with van der Waals surface area (Å²) >= 11 is 1.49. The van der Waals surface area contributed by atoms with Crippen LogP contribution in [0.4, 0.5) is 5.13 Å². The number of carbonyl (C=O) groups is 1. The summed E-state index contributed by atoms with van der Waals surface area (Å²) < 4.78 is 12.1. The number of carbonyl (C=O) groups excluding carboxylic acids is 1. The number of amides is 1. The predicted octanol–water partition coefficient (Wildman–Crippen LogP) is 6.23.